The zero-order valence-electron chi connectivity index (χ0n) is 13.9. The molecule has 3 rings (SSSR count). The SMILES string of the molecule is Cc1nn(Cc2c(Cl)cccc2Cl)c(Cl)c1/C=C(\C#N)C(=O)NC1CC1. The molecule has 5 nitrogen and oxygen atoms in total. The summed E-state index contributed by atoms with van der Waals surface area (Å²) in [4.78, 5) is 12.1. The van der Waals surface area contributed by atoms with Gasteiger partial charge in [-0.1, -0.05) is 40.9 Å². The number of halogens is 3. The Morgan fingerprint density at radius 3 is 2.62 bits per heavy atom. The van der Waals surface area contributed by atoms with Crippen molar-refractivity contribution in [1.29, 1.82) is 5.26 Å². The van der Waals surface area contributed by atoms with Crippen LogP contribution in [0.4, 0.5) is 0 Å². The van der Waals surface area contributed by atoms with Crippen LogP contribution in [-0.2, 0) is 11.3 Å². The van der Waals surface area contributed by atoms with E-state index in [1.807, 2.05) is 6.07 Å². The van der Waals surface area contributed by atoms with Crippen molar-refractivity contribution >= 4 is 46.8 Å². The zero-order valence-corrected chi connectivity index (χ0v) is 16.2. The maximum absolute atomic E-state index is 12.1. The van der Waals surface area contributed by atoms with Crippen LogP contribution >= 0.6 is 34.8 Å². The van der Waals surface area contributed by atoms with Crippen molar-refractivity contribution in [2.24, 2.45) is 0 Å². The molecule has 0 spiro atoms. The first-order chi connectivity index (χ1) is 12.4. The number of amides is 1. The number of carbonyl (C=O) groups is 1. The van der Waals surface area contributed by atoms with Gasteiger partial charge in [0, 0.05) is 27.2 Å². The van der Waals surface area contributed by atoms with Crippen molar-refractivity contribution in [1.82, 2.24) is 15.1 Å². The van der Waals surface area contributed by atoms with Crippen LogP contribution in [0.25, 0.3) is 6.08 Å². The molecule has 0 atom stereocenters. The van der Waals surface area contributed by atoms with E-state index in [-0.39, 0.29) is 18.2 Å². The van der Waals surface area contributed by atoms with Crippen LogP contribution in [0.15, 0.2) is 23.8 Å². The van der Waals surface area contributed by atoms with Gasteiger partial charge in [-0.05, 0) is 38.0 Å². The lowest BCUT2D eigenvalue weighted by Crippen LogP contribution is -2.26. The molecule has 1 saturated carbocycles. The minimum atomic E-state index is -0.396. The second kappa shape index (κ2) is 7.71. The molecular weight excluding hydrogens is 395 g/mol. The third-order valence-corrected chi connectivity index (χ3v) is 5.15. The zero-order chi connectivity index (χ0) is 18.8. The van der Waals surface area contributed by atoms with Crippen molar-refractivity contribution in [3.63, 3.8) is 0 Å². The van der Waals surface area contributed by atoms with E-state index in [0.29, 0.717) is 32.0 Å². The Balaban J connectivity index is 1.91. The predicted octanol–water partition coefficient (Wildman–Crippen LogP) is 4.39. The third kappa shape index (κ3) is 4.04. The van der Waals surface area contributed by atoms with Gasteiger partial charge in [0.1, 0.15) is 16.8 Å². The molecule has 26 heavy (non-hydrogen) atoms. The summed E-state index contributed by atoms with van der Waals surface area (Å²) in [7, 11) is 0. The minimum Gasteiger partial charge on any atom is -0.349 e. The average Bonchev–Trinajstić information content (AvgIpc) is 3.36. The highest BCUT2D eigenvalue weighted by Gasteiger charge is 2.25. The molecule has 134 valence electrons. The number of rotatable bonds is 5. The highest BCUT2D eigenvalue weighted by Crippen LogP contribution is 2.29. The van der Waals surface area contributed by atoms with Gasteiger partial charge in [0.05, 0.1) is 12.2 Å². The summed E-state index contributed by atoms with van der Waals surface area (Å²) in [5.74, 6) is -0.396. The number of aromatic nitrogens is 2. The molecule has 0 aliphatic heterocycles. The Bertz CT molecular complexity index is 918. The molecule has 1 amide bonds. The van der Waals surface area contributed by atoms with Crippen LogP contribution in [0.2, 0.25) is 15.2 Å². The Morgan fingerprint density at radius 1 is 1.38 bits per heavy atom. The fourth-order valence-electron chi connectivity index (χ4n) is 2.45. The van der Waals surface area contributed by atoms with Gasteiger partial charge >= 0.3 is 0 Å². The number of hydrogen-bond acceptors (Lipinski definition) is 3. The van der Waals surface area contributed by atoms with Gasteiger partial charge in [-0.2, -0.15) is 10.4 Å². The van der Waals surface area contributed by atoms with Gasteiger partial charge in [-0.3, -0.25) is 4.79 Å². The fourth-order valence-corrected chi connectivity index (χ4v) is 3.26. The van der Waals surface area contributed by atoms with Crippen LogP contribution in [0.5, 0.6) is 0 Å². The Labute approximate surface area is 166 Å². The number of nitrogens with zero attached hydrogens (tertiary/aromatic N) is 3. The number of nitrogens with one attached hydrogen (secondary N) is 1. The number of carbonyl (C=O) groups excluding carboxylic acids is 1. The molecule has 1 aliphatic carbocycles. The lowest BCUT2D eigenvalue weighted by molar-refractivity contribution is -0.117. The van der Waals surface area contributed by atoms with Crippen molar-refractivity contribution in [2.75, 3.05) is 0 Å². The van der Waals surface area contributed by atoms with E-state index in [1.165, 1.54) is 6.08 Å². The Hall–Kier alpha value is -2.00. The summed E-state index contributed by atoms with van der Waals surface area (Å²) < 4.78 is 1.55. The molecular formula is C18H15Cl3N4O. The molecule has 0 radical (unpaired) electrons. The van der Waals surface area contributed by atoms with Crippen LogP contribution < -0.4 is 5.32 Å². The molecule has 1 aliphatic rings. The minimum absolute atomic E-state index is 0.00257. The van der Waals surface area contributed by atoms with Crippen molar-refractivity contribution in [3.05, 3.63) is 55.8 Å². The van der Waals surface area contributed by atoms with Crippen molar-refractivity contribution in [3.8, 4) is 6.07 Å². The summed E-state index contributed by atoms with van der Waals surface area (Å²) in [6, 6.07) is 7.33. The average molecular weight is 410 g/mol. The first-order valence-electron chi connectivity index (χ1n) is 7.99. The maximum atomic E-state index is 12.1. The summed E-state index contributed by atoms with van der Waals surface area (Å²) in [6.07, 6.45) is 3.36. The van der Waals surface area contributed by atoms with Gasteiger partial charge < -0.3 is 5.32 Å². The van der Waals surface area contributed by atoms with Gasteiger partial charge in [0.15, 0.2) is 0 Å². The highest BCUT2D eigenvalue weighted by atomic mass is 35.5. The summed E-state index contributed by atoms with van der Waals surface area (Å²) >= 11 is 18.8. The number of hydrogen-bond donors (Lipinski definition) is 1. The smallest absolute Gasteiger partial charge is 0.262 e. The molecule has 1 heterocycles. The van der Waals surface area contributed by atoms with Crippen LogP contribution in [0, 0.1) is 18.3 Å². The predicted molar refractivity (Wildman–Crippen MR) is 102 cm³/mol. The van der Waals surface area contributed by atoms with Crippen molar-refractivity contribution in [2.45, 2.75) is 32.4 Å². The third-order valence-electron chi connectivity index (χ3n) is 4.05. The lowest BCUT2D eigenvalue weighted by atomic mass is 10.1. The second-order valence-electron chi connectivity index (χ2n) is 6.07. The van der Waals surface area contributed by atoms with E-state index in [4.69, 9.17) is 34.8 Å². The largest absolute Gasteiger partial charge is 0.349 e. The molecule has 1 aromatic heterocycles. The van der Waals surface area contributed by atoms with E-state index in [1.54, 1.807) is 29.8 Å². The van der Waals surface area contributed by atoms with Crippen LogP contribution in [-0.4, -0.2) is 21.7 Å². The van der Waals surface area contributed by atoms with Gasteiger partial charge in [-0.15, -0.1) is 0 Å². The Morgan fingerprint density at radius 2 is 2.04 bits per heavy atom. The molecule has 8 heteroatoms. The summed E-state index contributed by atoms with van der Waals surface area (Å²) in [5.41, 5.74) is 1.82. The fraction of sp³-hybridized carbons (Fsp3) is 0.278. The van der Waals surface area contributed by atoms with E-state index in [2.05, 4.69) is 10.4 Å². The normalized spacial score (nSPS) is 14.2. The topological polar surface area (TPSA) is 70.7 Å². The molecule has 0 saturated heterocycles. The van der Waals surface area contributed by atoms with E-state index in [9.17, 15) is 10.1 Å². The van der Waals surface area contributed by atoms with E-state index in [0.717, 1.165) is 12.8 Å². The van der Waals surface area contributed by atoms with Crippen LogP contribution in [0.1, 0.15) is 29.7 Å². The highest BCUT2D eigenvalue weighted by molar-refractivity contribution is 6.36. The first kappa shape index (κ1) is 18.8. The molecule has 2 aromatic rings. The number of benzene rings is 1. The molecule has 0 unspecified atom stereocenters. The van der Waals surface area contributed by atoms with Gasteiger partial charge in [0.2, 0.25) is 0 Å². The van der Waals surface area contributed by atoms with Crippen molar-refractivity contribution < 1.29 is 4.79 Å². The Kier molecular flexibility index (Phi) is 5.57. The molecule has 1 fully saturated rings. The number of aryl methyl sites for hydroxylation is 1. The van der Waals surface area contributed by atoms with Crippen LogP contribution in [0.3, 0.4) is 0 Å². The standard InChI is InChI=1S/C18H15Cl3N4O/c1-10-13(7-11(8-22)18(26)23-12-5-6-12)17(21)25(24-10)9-14-15(19)3-2-4-16(14)20/h2-4,7,12H,5-6,9H2,1H3,(H,23,26)/b11-7+. The summed E-state index contributed by atoms with van der Waals surface area (Å²) in [5, 5.41) is 17.8. The summed E-state index contributed by atoms with van der Waals surface area (Å²) in [6.45, 7) is 2.04. The quantitative estimate of drug-likeness (QED) is 0.588. The number of nitriles is 1. The van der Waals surface area contributed by atoms with Gasteiger partial charge in [-0.25, -0.2) is 4.68 Å². The molecule has 0 bridgehead atoms. The first-order valence-corrected chi connectivity index (χ1v) is 9.12. The lowest BCUT2D eigenvalue weighted by Gasteiger charge is -2.08. The maximum Gasteiger partial charge on any atom is 0.262 e. The molecule has 1 N–H and O–H groups in total. The monoisotopic (exact) mass is 408 g/mol. The second-order valence-corrected chi connectivity index (χ2v) is 7.24. The van der Waals surface area contributed by atoms with E-state index < -0.39 is 5.91 Å². The van der Waals surface area contributed by atoms with Gasteiger partial charge in [0.25, 0.3) is 5.91 Å². The molecule has 1 aromatic carbocycles. The van der Waals surface area contributed by atoms with E-state index >= 15 is 0 Å².